The molecule has 0 unspecified atom stereocenters. The third kappa shape index (κ3) is 5.70. The molecule has 0 fully saturated rings. The predicted octanol–water partition coefficient (Wildman–Crippen LogP) is 3.50. The number of carbonyl (C=O) groups is 2. The number of hydrogen-bond donors (Lipinski definition) is 2. The van der Waals surface area contributed by atoms with Crippen LogP contribution in [0.15, 0.2) is 54.7 Å². The molecule has 10 heteroatoms. The number of nitrogens with one attached hydrogen (secondary N) is 1. The van der Waals surface area contributed by atoms with Crippen molar-refractivity contribution in [3.63, 3.8) is 0 Å². The molecule has 0 aliphatic heterocycles. The summed E-state index contributed by atoms with van der Waals surface area (Å²) in [6.45, 7) is 4.70. The van der Waals surface area contributed by atoms with Crippen LogP contribution in [0.2, 0.25) is 0 Å². The quantitative estimate of drug-likeness (QED) is 0.278. The largest absolute Gasteiger partial charge is 0.618 e. The molecule has 0 bridgehead atoms. The minimum Gasteiger partial charge on any atom is -0.618 e. The second-order valence-corrected chi connectivity index (χ2v) is 8.27. The number of rotatable bonds is 8. The van der Waals surface area contributed by atoms with E-state index in [1.54, 1.807) is 32.0 Å². The van der Waals surface area contributed by atoms with Gasteiger partial charge in [0.25, 0.3) is 0 Å². The van der Waals surface area contributed by atoms with Gasteiger partial charge >= 0.3 is 17.6 Å². The highest BCUT2D eigenvalue weighted by molar-refractivity contribution is 5.96. The first kappa shape index (κ1) is 26.4. The zero-order valence-corrected chi connectivity index (χ0v) is 20.1. The van der Waals surface area contributed by atoms with Crippen molar-refractivity contribution in [2.24, 2.45) is 0 Å². The van der Waals surface area contributed by atoms with Crippen LogP contribution in [0.5, 0.6) is 11.5 Å². The summed E-state index contributed by atoms with van der Waals surface area (Å²) in [5, 5.41) is 24.5. The Bertz CT molecular complexity index is 1270. The smallest absolute Gasteiger partial charge is 0.328 e. The van der Waals surface area contributed by atoms with E-state index in [1.807, 2.05) is 0 Å². The van der Waals surface area contributed by atoms with Gasteiger partial charge in [0.05, 0.1) is 7.11 Å². The van der Waals surface area contributed by atoms with Crippen LogP contribution in [-0.4, -0.2) is 36.2 Å². The van der Waals surface area contributed by atoms with Gasteiger partial charge in [0.1, 0.15) is 23.8 Å². The molecule has 3 rings (SSSR count). The lowest BCUT2D eigenvalue weighted by Gasteiger charge is -2.27. The van der Waals surface area contributed by atoms with Gasteiger partial charge in [-0.05, 0) is 61.7 Å². The Labute approximate surface area is 206 Å². The number of nitrogens with zero attached hydrogens (tertiary/aromatic N) is 1. The van der Waals surface area contributed by atoms with Crippen molar-refractivity contribution in [3.8, 4) is 11.5 Å². The molecule has 0 radical (unpaired) electrons. The first-order valence-corrected chi connectivity index (χ1v) is 11.1. The van der Waals surface area contributed by atoms with E-state index in [1.165, 1.54) is 44.4 Å². The topological polar surface area (TPSA) is 112 Å². The summed E-state index contributed by atoms with van der Waals surface area (Å²) >= 11 is 0. The Morgan fingerprint density at radius 2 is 1.69 bits per heavy atom. The lowest BCUT2D eigenvalue weighted by Crippen LogP contribution is -2.46. The average molecular weight is 500 g/mol. The van der Waals surface area contributed by atoms with Crippen molar-refractivity contribution < 1.29 is 37.7 Å². The standard InChI is InChI=1S/C26H26F2N2O6/c1-14-13-19(28)9-10-20(14)22(17-5-7-18(27)8-6-17)16(3)36-26(33)15(2)29-25(32)23-24(31)21(35-4)11-12-30(23)34/h5-13,15-16,22,31H,1-4H3,(H,29,32)/t15-,16-,22-/m0/s1. The molecule has 0 saturated heterocycles. The Morgan fingerprint density at radius 3 is 2.31 bits per heavy atom. The molecule has 1 heterocycles. The number of benzene rings is 2. The van der Waals surface area contributed by atoms with E-state index in [0.717, 1.165) is 6.20 Å². The first-order valence-electron chi connectivity index (χ1n) is 11.1. The molecule has 1 amide bonds. The van der Waals surface area contributed by atoms with Crippen LogP contribution in [0, 0.1) is 23.8 Å². The lowest BCUT2D eigenvalue weighted by molar-refractivity contribution is -0.608. The molecular formula is C26H26F2N2O6. The number of carbonyl (C=O) groups excluding carboxylic acids is 2. The fourth-order valence-corrected chi connectivity index (χ4v) is 3.92. The molecule has 190 valence electrons. The molecule has 8 nitrogen and oxygen atoms in total. The highest BCUT2D eigenvalue weighted by atomic mass is 19.1. The third-order valence-corrected chi connectivity index (χ3v) is 5.74. The summed E-state index contributed by atoms with van der Waals surface area (Å²) in [6, 6.07) is 9.85. The highest BCUT2D eigenvalue weighted by Gasteiger charge is 2.31. The Hall–Kier alpha value is -4.21. The highest BCUT2D eigenvalue weighted by Crippen LogP contribution is 2.33. The molecular weight excluding hydrogens is 474 g/mol. The summed E-state index contributed by atoms with van der Waals surface area (Å²) < 4.78 is 38.0. The Balaban J connectivity index is 1.82. The number of methoxy groups -OCH3 is 1. The molecule has 3 atom stereocenters. The molecule has 1 aromatic heterocycles. The minimum atomic E-state index is -1.20. The second kappa shape index (κ2) is 11.0. The Kier molecular flexibility index (Phi) is 8.08. The third-order valence-electron chi connectivity index (χ3n) is 5.74. The number of aromatic nitrogens is 1. The summed E-state index contributed by atoms with van der Waals surface area (Å²) in [7, 11) is 1.26. The SMILES string of the molecule is COc1cc[n+]([O-])c(C(=O)N[C@@H](C)C(=O)O[C@@H](C)[C@@H](c2ccc(F)cc2)c2ccc(F)cc2C)c1O. The maximum absolute atomic E-state index is 13.7. The zero-order chi connectivity index (χ0) is 26.6. The maximum Gasteiger partial charge on any atom is 0.328 e. The molecule has 0 saturated carbocycles. The number of amides is 1. The van der Waals surface area contributed by atoms with Gasteiger partial charge in [-0.15, -0.1) is 0 Å². The van der Waals surface area contributed by atoms with Crippen molar-refractivity contribution in [2.45, 2.75) is 38.8 Å². The normalized spacial score (nSPS) is 13.4. The van der Waals surface area contributed by atoms with E-state index in [0.29, 0.717) is 16.7 Å². The Morgan fingerprint density at radius 1 is 1.06 bits per heavy atom. The second-order valence-electron chi connectivity index (χ2n) is 8.27. The van der Waals surface area contributed by atoms with Crippen molar-refractivity contribution in [3.05, 3.63) is 94.0 Å². The number of halogens is 2. The summed E-state index contributed by atoms with van der Waals surface area (Å²) in [5.41, 5.74) is 1.28. The first-order chi connectivity index (χ1) is 17.0. The van der Waals surface area contributed by atoms with Crippen LogP contribution < -0.4 is 14.8 Å². The van der Waals surface area contributed by atoms with Crippen LogP contribution in [-0.2, 0) is 9.53 Å². The number of hydrogen-bond acceptors (Lipinski definition) is 6. The van der Waals surface area contributed by atoms with E-state index in [4.69, 9.17) is 9.47 Å². The average Bonchev–Trinajstić information content (AvgIpc) is 2.82. The number of aryl methyl sites for hydroxylation is 1. The van der Waals surface area contributed by atoms with Gasteiger partial charge in [-0.2, -0.15) is 4.73 Å². The van der Waals surface area contributed by atoms with Gasteiger partial charge in [0.2, 0.25) is 5.75 Å². The summed E-state index contributed by atoms with van der Waals surface area (Å²) in [6.07, 6.45) is 0.178. The van der Waals surface area contributed by atoms with Crippen LogP contribution in [0.4, 0.5) is 8.78 Å². The van der Waals surface area contributed by atoms with Crippen molar-refractivity contribution in [1.29, 1.82) is 0 Å². The van der Waals surface area contributed by atoms with Gasteiger partial charge in [0, 0.05) is 12.0 Å². The number of ether oxygens (including phenoxy) is 2. The van der Waals surface area contributed by atoms with E-state index >= 15 is 0 Å². The van der Waals surface area contributed by atoms with E-state index in [-0.39, 0.29) is 10.5 Å². The van der Waals surface area contributed by atoms with Crippen molar-refractivity contribution in [2.75, 3.05) is 7.11 Å². The zero-order valence-electron chi connectivity index (χ0n) is 20.1. The van der Waals surface area contributed by atoms with Crippen LogP contribution in [0.1, 0.15) is 46.9 Å². The predicted molar refractivity (Wildman–Crippen MR) is 125 cm³/mol. The fourth-order valence-electron chi connectivity index (χ4n) is 3.92. The van der Waals surface area contributed by atoms with Crippen LogP contribution >= 0.6 is 0 Å². The van der Waals surface area contributed by atoms with Crippen molar-refractivity contribution in [1.82, 2.24) is 5.32 Å². The molecule has 0 aliphatic rings. The van der Waals surface area contributed by atoms with E-state index < -0.39 is 53.0 Å². The number of pyridine rings is 1. The monoisotopic (exact) mass is 500 g/mol. The van der Waals surface area contributed by atoms with Crippen molar-refractivity contribution >= 4 is 11.9 Å². The van der Waals surface area contributed by atoms with Crippen LogP contribution in [0.25, 0.3) is 0 Å². The molecule has 2 N–H and O–H groups in total. The molecule has 2 aromatic carbocycles. The van der Waals surface area contributed by atoms with Gasteiger partial charge in [0.15, 0.2) is 11.9 Å². The summed E-state index contributed by atoms with van der Waals surface area (Å²) in [5.74, 6) is -4.02. The van der Waals surface area contributed by atoms with Gasteiger partial charge < -0.3 is 25.1 Å². The van der Waals surface area contributed by atoms with Gasteiger partial charge in [-0.25, -0.2) is 13.6 Å². The fraction of sp³-hybridized carbons (Fsp3) is 0.269. The molecule has 36 heavy (non-hydrogen) atoms. The van der Waals surface area contributed by atoms with Gasteiger partial charge in [-0.3, -0.25) is 4.79 Å². The van der Waals surface area contributed by atoms with E-state index in [9.17, 15) is 28.7 Å². The van der Waals surface area contributed by atoms with Gasteiger partial charge in [-0.1, -0.05) is 18.2 Å². The number of esters is 1. The maximum atomic E-state index is 13.7. The molecule has 3 aromatic rings. The summed E-state index contributed by atoms with van der Waals surface area (Å²) in [4.78, 5) is 25.5. The molecule has 0 aliphatic carbocycles. The number of aromatic hydroxyl groups is 1. The molecule has 0 spiro atoms. The van der Waals surface area contributed by atoms with E-state index in [2.05, 4.69) is 5.32 Å². The lowest BCUT2D eigenvalue weighted by atomic mass is 9.84. The van der Waals surface area contributed by atoms with Crippen LogP contribution in [0.3, 0.4) is 0 Å². The minimum absolute atomic E-state index is 0.0899.